The number of hydrogen-bond acceptors (Lipinski definition) is 4. The van der Waals surface area contributed by atoms with Crippen molar-refractivity contribution in [2.75, 3.05) is 25.2 Å². The van der Waals surface area contributed by atoms with Crippen LogP contribution in [0.3, 0.4) is 0 Å². The highest BCUT2D eigenvalue weighted by atomic mass is 16.5. The smallest absolute Gasteiger partial charge is 0.136 e. The molecule has 0 fully saturated rings. The predicted octanol–water partition coefficient (Wildman–Crippen LogP) is 3.23. The van der Waals surface area contributed by atoms with Crippen molar-refractivity contribution in [2.24, 2.45) is 0 Å². The second-order valence-corrected chi connectivity index (χ2v) is 5.11. The second-order valence-electron chi connectivity index (χ2n) is 5.11. The summed E-state index contributed by atoms with van der Waals surface area (Å²) in [7, 11) is 1.67. The molecule has 1 aromatic carbocycles. The van der Waals surface area contributed by atoms with E-state index in [-0.39, 0.29) is 6.61 Å². The van der Waals surface area contributed by atoms with Crippen LogP contribution in [-0.2, 0) is 0 Å². The van der Waals surface area contributed by atoms with Gasteiger partial charge in [0.05, 0.1) is 13.7 Å². The highest BCUT2D eigenvalue weighted by Gasteiger charge is 2.18. The van der Waals surface area contributed by atoms with Gasteiger partial charge in [0.25, 0.3) is 0 Å². The largest absolute Gasteiger partial charge is 0.497 e. The third-order valence-corrected chi connectivity index (χ3v) is 3.95. The van der Waals surface area contributed by atoms with Gasteiger partial charge in [-0.25, -0.2) is 4.98 Å². The molecule has 21 heavy (non-hydrogen) atoms. The van der Waals surface area contributed by atoms with Crippen LogP contribution in [-0.4, -0.2) is 36.4 Å². The number of hydrogen-bond donors (Lipinski definition) is 1. The SMILES string of the molecule is CCC(CC)N(CCO)c1nccc2cc(OC)ccc12. The maximum absolute atomic E-state index is 9.40. The Bertz CT molecular complexity index is 582. The molecule has 0 spiro atoms. The molecule has 2 rings (SSSR count). The van der Waals surface area contributed by atoms with E-state index in [9.17, 15) is 5.11 Å². The number of rotatable bonds is 7. The summed E-state index contributed by atoms with van der Waals surface area (Å²) < 4.78 is 5.29. The third-order valence-electron chi connectivity index (χ3n) is 3.95. The van der Waals surface area contributed by atoms with E-state index in [1.54, 1.807) is 7.11 Å². The van der Waals surface area contributed by atoms with Gasteiger partial charge < -0.3 is 14.7 Å². The molecule has 0 aliphatic rings. The number of ether oxygens (including phenoxy) is 1. The van der Waals surface area contributed by atoms with E-state index >= 15 is 0 Å². The van der Waals surface area contributed by atoms with Gasteiger partial charge in [-0.05, 0) is 42.5 Å². The molecule has 2 aromatic rings. The minimum absolute atomic E-state index is 0.130. The maximum atomic E-state index is 9.40. The van der Waals surface area contributed by atoms with Crippen LogP contribution >= 0.6 is 0 Å². The summed E-state index contributed by atoms with van der Waals surface area (Å²) in [5.41, 5.74) is 0. The lowest BCUT2D eigenvalue weighted by Gasteiger charge is -2.32. The molecule has 0 radical (unpaired) electrons. The van der Waals surface area contributed by atoms with Crippen LogP contribution in [0.5, 0.6) is 5.75 Å². The topological polar surface area (TPSA) is 45.6 Å². The molecule has 0 unspecified atom stereocenters. The van der Waals surface area contributed by atoms with E-state index in [0.717, 1.165) is 35.2 Å². The quantitative estimate of drug-likeness (QED) is 0.849. The standard InChI is InChI=1S/C17H24N2O2/c1-4-14(5-2)19(10-11-20)17-16-7-6-15(21-3)12-13(16)8-9-18-17/h6-9,12,14,20H,4-5,10-11H2,1-3H3. The average molecular weight is 288 g/mol. The molecule has 0 saturated carbocycles. The van der Waals surface area contributed by atoms with Crippen LogP contribution < -0.4 is 9.64 Å². The molecule has 0 atom stereocenters. The molecule has 4 nitrogen and oxygen atoms in total. The molecule has 1 N–H and O–H groups in total. The molecule has 0 amide bonds. The van der Waals surface area contributed by atoms with E-state index in [1.807, 2.05) is 30.5 Å². The summed E-state index contributed by atoms with van der Waals surface area (Å²) >= 11 is 0. The predicted molar refractivity (Wildman–Crippen MR) is 87.1 cm³/mol. The second kappa shape index (κ2) is 7.27. The van der Waals surface area contributed by atoms with E-state index in [2.05, 4.69) is 23.7 Å². The molecule has 0 saturated heterocycles. The zero-order valence-corrected chi connectivity index (χ0v) is 13.0. The van der Waals surface area contributed by atoms with Crippen molar-refractivity contribution in [3.05, 3.63) is 30.5 Å². The van der Waals surface area contributed by atoms with E-state index in [1.165, 1.54) is 0 Å². The van der Waals surface area contributed by atoms with Crippen molar-refractivity contribution >= 4 is 16.6 Å². The Morgan fingerprint density at radius 3 is 2.62 bits per heavy atom. The summed E-state index contributed by atoms with van der Waals surface area (Å²) in [5, 5.41) is 11.6. The van der Waals surface area contributed by atoms with E-state index < -0.39 is 0 Å². The van der Waals surface area contributed by atoms with Crippen LogP contribution in [0, 0.1) is 0 Å². The number of pyridine rings is 1. The number of aliphatic hydroxyl groups excluding tert-OH is 1. The summed E-state index contributed by atoms with van der Waals surface area (Å²) in [4.78, 5) is 6.79. The minimum atomic E-state index is 0.130. The Hall–Kier alpha value is -1.81. The van der Waals surface area contributed by atoms with Crippen molar-refractivity contribution in [1.29, 1.82) is 0 Å². The fourth-order valence-electron chi connectivity index (χ4n) is 2.79. The number of aliphatic hydroxyl groups is 1. The van der Waals surface area contributed by atoms with Gasteiger partial charge in [-0.1, -0.05) is 13.8 Å². The van der Waals surface area contributed by atoms with Crippen LogP contribution in [0.4, 0.5) is 5.82 Å². The van der Waals surface area contributed by atoms with Crippen LogP contribution in [0.15, 0.2) is 30.5 Å². The number of anilines is 1. The average Bonchev–Trinajstić information content (AvgIpc) is 2.54. The Morgan fingerprint density at radius 2 is 2.00 bits per heavy atom. The summed E-state index contributed by atoms with van der Waals surface area (Å²) in [6, 6.07) is 8.40. The first-order chi connectivity index (χ1) is 10.2. The monoisotopic (exact) mass is 288 g/mol. The molecule has 4 heteroatoms. The Labute approximate surface area is 126 Å². The normalized spacial score (nSPS) is 11.1. The fraction of sp³-hybridized carbons (Fsp3) is 0.471. The zero-order chi connectivity index (χ0) is 15.2. The third kappa shape index (κ3) is 3.27. The molecule has 0 aliphatic carbocycles. The van der Waals surface area contributed by atoms with Gasteiger partial charge in [0.15, 0.2) is 0 Å². The highest BCUT2D eigenvalue weighted by Crippen LogP contribution is 2.29. The molecule has 0 aliphatic heterocycles. The number of benzene rings is 1. The first-order valence-corrected chi connectivity index (χ1v) is 7.55. The first-order valence-electron chi connectivity index (χ1n) is 7.55. The van der Waals surface area contributed by atoms with Gasteiger partial charge in [-0.15, -0.1) is 0 Å². The van der Waals surface area contributed by atoms with E-state index in [4.69, 9.17) is 4.74 Å². The lowest BCUT2D eigenvalue weighted by atomic mass is 10.1. The van der Waals surface area contributed by atoms with Crippen LogP contribution in [0.2, 0.25) is 0 Å². The molecular formula is C17H24N2O2. The maximum Gasteiger partial charge on any atom is 0.136 e. The first kappa shape index (κ1) is 15.6. The van der Waals surface area contributed by atoms with Crippen molar-refractivity contribution < 1.29 is 9.84 Å². The Morgan fingerprint density at radius 1 is 1.24 bits per heavy atom. The summed E-state index contributed by atoms with van der Waals surface area (Å²) in [6.45, 7) is 5.08. The number of fused-ring (bicyclic) bond motifs is 1. The van der Waals surface area contributed by atoms with Gasteiger partial charge in [0, 0.05) is 24.2 Å². The van der Waals surface area contributed by atoms with E-state index in [0.29, 0.717) is 12.6 Å². The van der Waals surface area contributed by atoms with Crippen LogP contribution in [0.25, 0.3) is 10.8 Å². The molecule has 0 bridgehead atoms. The molecule has 1 aromatic heterocycles. The summed E-state index contributed by atoms with van der Waals surface area (Å²) in [5.74, 6) is 1.79. The molecule has 1 heterocycles. The number of methoxy groups -OCH3 is 1. The lowest BCUT2D eigenvalue weighted by Crippen LogP contribution is -2.37. The van der Waals surface area contributed by atoms with Gasteiger partial charge in [0.1, 0.15) is 11.6 Å². The van der Waals surface area contributed by atoms with Gasteiger partial charge >= 0.3 is 0 Å². The summed E-state index contributed by atoms with van der Waals surface area (Å²) in [6.07, 6.45) is 3.89. The highest BCUT2D eigenvalue weighted by molar-refractivity contribution is 5.93. The van der Waals surface area contributed by atoms with Gasteiger partial charge in [-0.2, -0.15) is 0 Å². The zero-order valence-electron chi connectivity index (χ0n) is 13.0. The Balaban J connectivity index is 2.51. The number of nitrogens with zero attached hydrogens (tertiary/aromatic N) is 2. The van der Waals surface area contributed by atoms with Gasteiger partial charge in [0.2, 0.25) is 0 Å². The van der Waals surface area contributed by atoms with Crippen molar-refractivity contribution in [3.8, 4) is 5.75 Å². The minimum Gasteiger partial charge on any atom is -0.497 e. The number of aromatic nitrogens is 1. The molecule has 114 valence electrons. The Kier molecular flexibility index (Phi) is 5.39. The van der Waals surface area contributed by atoms with Crippen molar-refractivity contribution in [2.45, 2.75) is 32.7 Å². The van der Waals surface area contributed by atoms with Crippen molar-refractivity contribution in [1.82, 2.24) is 4.98 Å². The van der Waals surface area contributed by atoms with Gasteiger partial charge in [-0.3, -0.25) is 0 Å². The van der Waals surface area contributed by atoms with Crippen molar-refractivity contribution in [3.63, 3.8) is 0 Å². The van der Waals surface area contributed by atoms with Crippen LogP contribution in [0.1, 0.15) is 26.7 Å². The lowest BCUT2D eigenvalue weighted by molar-refractivity contribution is 0.295. The molecular weight excluding hydrogens is 264 g/mol. The fourth-order valence-corrected chi connectivity index (χ4v) is 2.79.